The van der Waals surface area contributed by atoms with Crippen molar-refractivity contribution >= 4 is 21.9 Å². The van der Waals surface area contributed by atoms with Gasteiger partial charge in [0.25, 0.3) is 5.88 Å². The predicted molar refractivity (Wildman–Crippen MR) is 65.2 cm³/mol. The Balaban J connectivity index is 2.60. The van der Waals surface area contributed by atoms with Crippen LogP contribution in [-0.4, -0.2) is 31.3 Å². The Hall–Kier alpha value is -1.30. The molecular weight excluding hydrogens is 290 g/mol. The Morgan fingerprint density at radius 2 is 2.24 bits per heavy atom. The maximum absolute atomic E-state index is 10.9. The second-order valence-electron chi connectivity index (χ2n) is 3.06. The summed E-state index contributed by atoms with van der Waals surface area (Å²) in [6, 6.07) is 1.77. The Morgan fingerprint density at radius 1 is 1.47 bits per heavy atom. The summed E-state index contributed by atoms with van der Waals surface area (Å²) in [6.07, 6.45) is 1.79. The lowest BCUT2D eigenvalue weighted by Gasteiger charge is -2.10. The zero-order valence-corrected chi connectivity index (χ0v) is 11.3. The zero-order chi connectivity index (χ0) is 12.7. The number of ether oxygens (including phenoxy) is 3. The van der Waals surface area contributed by atoms with E-state index >= 15 is 0 Å². The molecule has 0 bridgehead atoms. The number of hydrogen-bond acceptors (Lipinski definition) is 5. The zero-order valence-electron chi connectivity index (χ0n) is 9.73. The SMILES string of the molecule is CCOc1cc(Br)cnc1OCCC(=O)OC. The number of pyridine rings is 1. The highest BCUT2D eigenvalue weighted by atomic mass is 79.9. The van der Waals surface area contributed by atoms with E-state index in [1.807, 2.05) is 6.92 Å². The Morgan fingerprint density at radius 3 is 2.88 bits per heavy atom. The van der Waals surface area contributed by atoms with E-state index in [9.17, 15) is 4.79 Å². The molecule has 1 heterocycles. The molecular formula is C11H14BrNO4. The van der Waals surface area contributed by atoms with Gasteiger partial charge in [0.2, 0.25) is 0 Å². The summed E-state index contributed by atoms with van der Waals surface area (Å²) in [6.45, 7) is 2.60. The molecule has 94 valence electrons. The van der Waals surface area contributed by atoms with Crippen LogP contribution in [0, 0.1) is 0 Å². The summed E-state index contributed by atoms with van der Waals surface area (Å²) >= 11 is 3.30. The smallest absolute Gasteiger partial charge is 0.308 e. The van der Waals surface area contributed by atoms with Crippen LogP contribution in [0.3, 0.4) is 0 Å². The lowest BCUT2D eigenvalue weighted by Crippen LogP contribution is -2.09. The molecule has 0 aliphatic rings. The van der Waals surface area contributed by atoms with Crippen molar-refractivity contribution in [3.05, 3.63) is 16.7 Å². The van der Waals surface area contributed by atoms with Gasteiger partial charge in [-0.1, -0.05) is 0 Å². The van der Waals surface area contributed by atoms with Crippen molar-refractivity contribution in [2.45, 2.75) is 13.3 Å². The van der Waals surface area contributed by atoms with E-state index in [0.29, 0.717) is 18.2 Å². The van der Waals surface area contributed by atoms with Crippen molar-refractivity contribution in [1.29, 1.82) is 0 Å². The first-order valence-electron chi connectivity index (χ1n) is 5.15. The second-order valence-corrected chi connectivity index (χ2v) is 3.98. The molecule has 0 saturated heterocycles. The third kappa shape index (κ3) is 4.60. The van der Waals surface area contributed by atoms with Crippen molar-refractivity contribution in [1.82, 2.24) is 4.98 Å². The molecule has 1 aromatic rings. The van der Waals surface area contributed by atoms with Gasteiger partial charge in [-0.2, -0.15) is 0 Å². The number of esters is 1. The van der Waals surface area contributed by atoms with E-state index in [-0.39, 0.29) is 19.0 Å². The summed E-state index contributed by atoms with van der Waals surface area (Å²) in [5, 5.41) is 0. The molecule has 0 aliphatic heterocycles. The normalized spacial score (nSPS) is 9.82. The van der Waals surface area contributed by atoms with Crippen LogP contribution in [0.2, 0.25) is 0 Å². The summed E-state index contributed by atoms with van der Waals surface area (Å²) < 4.78 is 16.0. The summed E-state index contributed by atoms with van der Waals surface area (Å²) in [7, 11) is 1.34. The number of nitrogens with zero attached hydrogens (tertiary/aromatic N) is 1. The van der Waals surface area contributed by atoms with Crippen molar-refractivity contribution in [2.75, 3.05) is 20.3 Å². The number of carbonyl (C=O) groups excluding carboxylic acids is 1. The number of rotatable bonds is 6. The van der Waals surface area contributed by atoms with Crippen molar-refractivity contribution in [3.63, 3.8) is 0 Å². The largest absolute Gasteiger partial charge is 0.488 e. The average molecular weight is 304 g/mol. The van der Waals surface area contributed by atoms with E-state index in [0.717, 1.165) is 4.47 Å². The van der Waals surface area contributed by atoms with E-state index in [4.69, 9.17) is 9.47 Å². The first-order chi connectivity index (χ1) is 8.17. The van der Waals surface area contributed by atoms with Gasteiger partial charge in [-0.15, -0.1) is 0 Å². The topological polar surface area (TPSA) is 57.7 Å². The van der Waals surface area contributed by atoms with Gasteiger partial charge < -0.3 is 14.2 Å². The van der Waals surface area contributed by atoms with Gasteiger partial charge in [-0.25, -0.2) is 4.98 Å². The fraction of sp³-hybridized carbons (Fsp3) is 0.455. The van der Waals surface area contributed by atoms with Crippen molar-refractivity contribution in [2.24, 2.45) is 0 Å². The minimum absolute atomic E-state index is 0.180. The number of carbonyl (C=O) groups is 1. The van der Waals surface area contributed by atoms with Gasteiger partial charge >= 0.3 is 5.97 Å². The number of aromatic nitrogens is 1. The van der Waals surface area contributed by atoms with E-state index in [1.165, 1.54) is 7.11 Å². The van der Waals surface area contributed by atoms with Crippen LogP contribution in [0.5, 0.6) is 11.6 Å². The molecule has 0 unspecified atom stereocenters. The fourth-order valence-corrected chi connectivity index (χ4v) is 1.42. The van der Waals surface area contributed by atoms with Gasteiger partial charge in [0.15, 0.2) is 5.75 Å². The van der Waals surface area contributed by atoms with Crippen LogP contribution in [0.15, 0.2) is 16.7 Å². The number of halogens is 1. The van der Waals surface area contributed by atoms with Crippen LogP contribution >= 0.6 is 15.9 Å². The Labute approximate surface area is 108 Å². The molecule has 0 amide bonds. The van der Waals surface area contributed by atoms with Crippen LogP contribution in [0.1, 0.15) is 13.3 Å². The molecule has 0 saturated carbocycles. The molecule has 5 nitrogen and oxygen atoms in total. The predicted octanol–water partition coefficient (Wildman–Crippen LogP) is 2.18. The molecule has 1 rings (SSSR count). The minimum atomic E-state index is -0.319. The fourth-order valence-electron chi connectivity index (χ4n) is 1.11. The van der Waals surface area contributed by atoms with Crippen LogP contribution in [0.25, 0.3) is 0 Å². The lowest BCUT2D eigenvalue weighted by molar-refractivity contribution is -0.141. The van der Waals surface area contributed by atoms with E-state index in [2.05, 4.69) is 25.7 Å². The molecule has 0 fully saturated rings. The van der Waals surface area contributed by atoms with Gasteiger partial charge in [-0.3, -0.25) is 4.79 Å². The molecule has 0 spiro atoms. The summed E-state index contributed by atoms with van der Waals surface area (Å²) in [5.41, 5.74) is 0. The standard InChI is InChI=1S/C11H14BrNO4/c1-3-16-9-6-8(12)7-13-11(9)17-5-4-10(14)15-2/h6-7H,3-5H2,1-2H3. The molecule has 0 atom stereocenters. The second kappa shape index (κ2) is 7.11. The molecule has 0 aliphatic carbocycles. The van der Waals surface area contributed by atoms with Gasteiger partial charge in [-0.05, 0) is 22.9 Å². The van der Waals surface area contributed by atoms with E-state index < -0.39 is 0 Å². The number of methoxy groups -OCH3 is 1. The first-order valence-corrected chi connectivity index (χ1v) is 5.94. The van der Waals surface area contributed by atoms with Crippen molar-refractivity contribution in [3.8, 4) is 11.6 Å². The molecule has 0 radical (unpaired) electrons. The molecule has 6 heteroatoms. The summed E-state index contributed by atoms with van der Waals surface area (Å²) in [5.74, 6) is 0.603. The third-order valence-corrected chi connectivity index (χ3v) is 2.29. The quantitative estimate of drug-likeness (QED) is 0.754. The molecule has 0 aromatic carbocycles. The van der Waals surface area contributed by atoms with Gasteiger partial charge in [0.1, 0.15) is 6.61 Å². The highest BCUT2D eigenvalue weighted by Crippen LogP contribution is 2.27. The van der Waals surface area contributed by atoms with Crippen LogP contribution in [-0.2, 0) is 9.53 Å². The third-order valence-electron chi connectivity index (χ3n) is 1.86. The minimum Gasteiger partial charge on any atom is -0.488 e. The molecule has 17 heavy (non-hydrogen) atoms. The van der Waals surface area contributed by atoms with E-state index in [1.54, 1.807) is 12.3 Å². The highest BCUT2D eigenvalue weighted by Gasteiger charge is 2.08. The van der Waals surface area contributed by atoms with Crippen LogP contribution < -0.4 is 9.47 Å². The van der Waals surface area contributed by atoms with Crippen LogP contribution in [0.4, 0.5) is 0 Å². The molecule has 1 aromatic heterocycles. The Kier molecular flexibility index (Phi) is 5.76. The van der Waals surface area contributed by atoms with Gasteiger partial charge in [0.05, 0.1) is 20.1 Å². The monoisotopic (exact) mass is 303 g/mol. The maximum atomic E-state index is 10.9. The van der Waals surface area contributed by atoms with Crippen molar-refractivity contribution < 1.29 is 19.0 Å². The Bertz CT molecular complexity index is 384. The maximum Gasteiger partial charge on any atom is 0.308 e. The highest BCUT2D eigenvalue weighted by molar-refractivity contribution is 9.10. The van der Waals surface area contributed by atoms with Gasteiger partial charge in [0, 0.05) is 16.7 Å². The molecule has 0 N–H and O–H groups in total. The summed E-state index contributed by atoms with van der Waals surface area (Å²) in [4.78, 5) is 15.0. The first kappa shape index (κ1) is 13.8. The lowest BCUT2D eigenvalue weighted by atomic mass is 10.4. The average Bonchev–Trinajstić information content (AvgIpc) is 2.32. The number of hydrogen-bond donors (Lipinski definition) is 0.